The van der Waals surface area contributed by atoms with Crippen molar-refractivity contribution in [3.63, 3.8) is 0 Å². The summed E-state index contributed by atoms with van der Waals surface area (Å²) in [6.45, 7) is 4.41. The van der Waals surface area contributed by atoms with Crippen LogP contribution in [0.2, 0.25) is 0 Å². The van der Waals surface area contributed by atoms with E-state index in [9.17, 15) is 10.1 Å². The molecule has 1 fully saturated rings. The molecule has 0 unspecified atom stereocenters. The van der Waals surface area contributed by atoms with Crippen molar-refractivity contribution in [1.82, 2.24) is 9.78 Å². The highest BCUT2D eigenvalue weighted by molar-refractivity contribution is 5.47. The molecule has 7 heteroatoms. The number of hydrogen-bond donors (Lipinski definition) is 1. The third kappa shape index (κ3) is 2.56. The maximum Gasteiger partial charge on any atom is 0.353 e. The normalized spacial score (nSPS) is 22.4. The van der Waals surface area contributed by atoms with Crippen molar-refractivity contribution in [2.45, 2.75) is 38.7 Å². The first kappa shape index (κ1) is 13.8. The van der Waals surface area contributed by atoms with Gasteiger partial charge in [0.05, 0.1) is 4.92 Å². The molecular formula is C12H20N4O3. The van der Waals surface area contributed by atoms with Crippen molar-refractivity contribution in [3.05, 3.63) is 15.8 Å². The molecule has 2 N–H and O–H groups in total. The Balaban J connectivity index is 2.22. The molecule has 1 aliphatic rings. The highest BCUT2D eigenvalue weighted by Gasteiger charge is 2.35. The van der Waals surface area contributed by atoms with E-state index >= 15 is 0 Å². The number of nitrogens with two attached hydrogens (primary N) is 1. The minimum absolute atomic E-state index is 0.00583. The fourth-order valence-electron chi connectivity index (χ4n) is 2.33. The van der Waals surface area contributed by atoms with E-state index in [-0.39, 0.29) is 23.6 Å². The summed E-state index contributed by atoms with van der Waals surface area (Å²) >= 11 is 0. The number of nitro groups is 1. The topological polar surface area (TPSA) is 96.2 Å². The van der Waals surface area contributed by atoms with Gasteiger partial charge in [0.15, 0.2) is 0 Å². The van der Waals surface area contributed by atoms with Crippen LogP contribution in [0.5, 0.6) is 5.88 Å². The number of ether oxygens (including phenoxy) is 1. The Morgan fingerprint density at radius 3 is 2.68 bits per heavy atom. The summed E-state index contributed by atoms with van der Waals surface area (Å²) in [7, 11) is 1.67. The zero-order valence-electron chi connectivity index (χ0n) is 11.5. The van der Waals surface area contributed by atoms with E-state index in [1.54, 1.807) is 7.05 Å². The Bertz CT molecular complexity index is 478. The molecule has 1 heterocycles. The standard InChI is InChI=1S/C12H20N4O3/c1-7(2)10-11(16(17)18)12(15(3)14-10)19-9-4-8(5-9)6-13/h7-9H,4-6,13H2,1-3H3. The quantitative estimate of drug-likeness (QED) is 0.645. The monoisotopic (exact) mass is 268 g/mol. The molecule has 0 bridgehead atoms. The van der Waals surface area contributed by atoms with E-state index in [0.29, 0.717) is 18.2 Å². The maximum atomic E-state index is 11.2. The van der Waals surface area contributed by atoms with Crippen LogP contribution in [-0.2, 0) is 7.05 Å². The second-order valence-corrected chi connectivity index (χ2v) is 5.39. The summed E-state index contributed by atoms with van der Waals surface area (Å²) in [6.07, 6.45) is 1.73. The number of rotatable bonds is 5. The molecule has 7 nitrogen and oxygen atoms in total. The van der Waals surface area contributed by atoms with Crippen LogP contribution in [0.1, 0.15) is 38.3 Å². The van der Waals surface area contributed by atoms with Crippen LogP contribution in [-0.4, -0.2) is 27.4 Å². The molecule has 0 radical (unpaired) electrons. The molecule has 1 aliphatic carbocycles. The van der Waals surface area contributed by atoms with Gasteiger partial charge in [0.1, 0.15) is 11.8 Å². The molecule has 0 amide bonds. The molecule has 1 aromatic rings. The van der Waals surface area contributed by atoms with Crippen LogP contribution < -0.4 is 10.5 Å². The summed E-state index contributed by atoms with van der Waals surface area (Å²) in [5, 5.41) is 15.4. The van der Waals surface area contributed by atoms with Crippen molar-refractivity contribution in [2.24, 2.45) is 18.7 Å². The van der Waals surface area contributed by atoms with Gasteiger partial charge in [-0.05, 0) is 25.3 Å². The largest absolute Gasteiger partial charge is 0.470 e. The maximum absolute atomic E-state index is 11.2. The molecule has 1 aromatic heterocycles. The van der Waals surface area contributed by atoms with E-state index in [0.717, 1.165) is 12.8 Å². The van der Waals surface area contributed by atoms with Crippen molar-refractivity contribution in [1.29, 1.82) is 0 Å². The number of aromatic nitrogens is 2. The molecule has 0 spiro atoms. The Kier molecular flexibility index (Phi) is 3.75. The second-order valence-electron chi connectivity index (χ2n) is 5.39. The van der Waals surface area contributed by atoms with Crippen LogP contribution in [0, 0.1) is 16.0 Å². The van der Waals surface area contributed by atoms with Crippen LogP contribution in [0.25, 0.3) is 0 Å². The van der Waals surface area contributed by atoms with Gasteiger partial charge in [0.2, 0.25) is 0 Å². The van der Waals surface area contributed by atoms with Crippen LogP contribution in [0.15, 0.2) is 0 Å². The van der Waals surface area contributed by atoms with Crippen LogP contribution in [0.3, 0.4) is 0 Å². The summed E-state index contributed by atoms with van der Waals surface area (Å²) in [4.78, 5) is 10.8. The zero-order chi connectivity index (χ0) is 14.2. The predicted molar refractivity (Wildman–Crippen MR) is 70.1 cm³/mol. The van der Waals surface area contributed by atoms with Crippen molar-refractivity contribution < 1.29 is 9.66 Å². The fourth-order valence-corrected chi connectivity index (χ4v) is 2.33. The van der Waals surface area contributed by atoms with Crippen LogP contribution in [0.4, 0.5) is 5.69 Å². The number of aryl methyl sites for hydroxylation is 1. The smallest absolute Gasteiger partial charge is 0.353 e. The lowest BCUT2D eigenvalue weighted by Crippen LogP contribution is -2.38. The first-order valence-electron chi connectivity index (χ1n) is 6.52. The fraction of sp³-hybridized carbons (Fsp3) is 0.750. The molecule has 0 aromatic carbocycles. The molecule has 19 heavy (non-hydrogen) atoms. The average molecular weight is 268 g/mol. The summed E-state index contributed by atoms with van der Waals surface area (Å²) in [5.41, 5.74) is 6.02. The van der Waals surface area contributed by atoms with Crippen LogP contribution >= 0.6 is 0 Å². The molecule has 106 valence electrons. The summed E-state index contributed by atoms with van der Waals surface area (Å²) < 4.78 is 7.20. The second kappa shape index (κ2) is 5.16. The van der Waals surface area contributed by atoms with Gasteiger partial charge in [-0.15, -0.1) is 0 Å². The van der Waals surface area contributed by atoms with E-state index in [1.165, 1.54) is 4.68 Å². The minimum atomic E-state index is -0.406. The average Bonchev–Trinajstić information content (AvgIpc) is 2.60. The van der Waals surface area contributed by atoms with Gasteiger partial charge < -0.3 is 10.5 Å². The van der Waals surface area contributed by atoms with Crippen molar-refractivity contribution in [2.75, 3.05) is 6.54 Å². The van der Waals surface area contributed by atoms with Gasteiger partial charge >= 0.3 is 5.69 Å². The molecule has 0 atom stereocenters. The molecule has 1 saturated carbocycles. The highest BCUT2D eigenvalue weighted by atomic mass is 16.6. The number of hydrogen-bond acceptors (Lipinski definition) is 5. The van der Waals surface area contributed by atoms with Gasteiger partial charge in [-0.25, -0.2) is 4.68 Å². The molecule has 2 rings (SSSR count). The molecule has 0 aliphatic heterocycles. The first-order chi connectivity index (χ1) is 8.93. The predicted octanol–water partition coefficient (Wildman–Crippen LogP) is 1.57. The Morgan fingerprint density at radius 1 is 1.58 bits per heavy atom. The third-order valence-corrected chi connectivity index (χ3v) is 3.53. The van der Waals surface area contributed by atoms with Gasteiger partial charge in [0.25, 0.3) is 5.88 Å². The lowest BCUT2D eigenvalue weighted by molar-refractivity contribution is -0.387. The van der Waals surface area contributed by atoms with E-state index in [4.69, 9.17) is 10.5 Å². The number of nitrogens with zero attached hydrogens (tertiary/aromatic N) is 3. The Morgan fingerprint density at radius 2 is 2.21 bits per heavy atom. The van der Waals surface area contributed by atoms with Gasteiger partial charge in [-0.1, -0.05) is 13.8 Å². The first-order valence-corrected chi connectivity index (χ1v) is 6.52. The summed E-state index contributed by atoms with van der Waals surface area (Å²) in [5.74, 6) is 0.721. The van der Waals surface area contributed by atoms with E-state index in [2.05, 4.69) is 5.10 Å². The van der Waals surface area contributed by atoms with Gasteiger partial charge in [-0.3, -0.25) is 10.1 Å². The van der Waals surface area contributed by atoms with Gasteiger partial charge in [0, 0.05) is 13.0 Å². The Labute approximate surface area is 111 Å². The highest BCUT2D eigenvalue weighted by Crippen LogP contribution is 2.38. The third-order valence-electron chi connectivity index (χ3n) is 3.53. The van der Waals surface area contributed by atoms with E-state index < -0.39 is 4.92 Å². The molecule has 0 saturated heterocycles. The SMILES string of the molecule is CC(C)c1nn(C)c(OC2CC(CN)C2)c1[N+](=O)[O-]. The minimum Gasteiger partial charge on any atom is -0.470 e. The van der Waals surface area contributed by atoms with Crippen molar-refractivity contribution >= 4 is 5.69 Å². The van der Waals surface area contributed by atoms with E-state index in [1.807, 2.05) is 13.8 Å². The molecular weight excluding hydrogens is 248 g/mol. The Hall–Kier alpha value is -1.63. The summed E-state index contributed by atoms with van der Waals surface area (Å²) in [6, 6.07) is 0. The lowest BCUT2D eigenvalue weighted by atomic mass is 9.82. The zero-order valence-corrected chi connectivity index (χ0v) is 11.5. The lowest BCUT2D eigenvalue weighted by Gasteiger charge is -2.33. The van der Waals surface area contributed by atoms with Gasteiger partial charge in [-0.2, -0.15) is 5.10 Å². The van der Waals surface area contributed by atoms with Crippen molar-refractivity contribution in [3.8, 4) is 5.88 Å².